The number of halogens is 2. The molecule has 0 aliphatic heterocycles. The number of aliphatic hydroxyl groups is 1. The van der Waals surface area contributed by atoms with Gasteiger partial charge in [0.15, 0.2) is 0 Å². The van der Waals surface area contributed by atoms with Crippen LogP contribution in [0.5, 0.6) is 0 Å². The minimum Gasteiger partial charge on any atom is -0.394 e. The first-order valence-electron chi connectivity index (χ1n) is 6.62. The molecule has 0 fully saturated rings. The number of aliphatic hydroxyl groups excluding tert-OH is 1. The topological polar surface area (TPSA) is 71.2 Å². The van der Waals surface area contributed by atoms with Gasteiger partial charge in [0.2, 0.25) is 5.82 Å². The lowest BCUT2D eigenvalue weighted by molar-refractivity contribution is 0.0670. The minimum absolute atomic E-state index is 0.0243. The molecule has 1 heterocycles. The van der Waals surface area contributed by atoms with Crippen molar-refractivity contribution in [1.29, 1.82) is 0 Å². The quantitative estimate of drug-likeness (QED) is 0.925. The molecular weight excluding hydrogens is 327 g/mol. The zero-order valence-corrected chi connectivity index (χ0v) is 13.9. The summed E-state index contributed by atoms with van der Waals surface area (Å²) in [6.45, 7) is 3.30. The summed E-state index contributed by atoms with van der Waals surface area (Å²) in [6.07, 6.45) is 0. The van der Waals surface area contributed by atoms with Gasteiger partial charge in [-0.3, -0.25) is 4.79 Å². The summed E-state index contributed by atoms with van der Waals surface area (Å²) in [5.74, 6) is 0.131. The predicted molar refractivity (Wildman–Crippen MR) is 84.8 cm³/mol. The van der Waals surface area contributed by atoms with Gasteiger partial charge in [0.1, 0.15) is 11.5 Å². The minimum atomic E-state index is -0.383. The van der Waals surface area contributed by atoms with E-state index in [0.717, 1.165) is 0 Å². The Kier molecular flexibility index (Phi) is 5.05. The SMILES string of the molecule is Cc1nc(C(=O)N(C)C(C)CO)nn1-c1c(Cl)cccc1Cl. The standard InChI is InChI=1S/C14H16Cl2N4O2/c1-8(7-21)19(3)14(22)13-17-9(2)20(18-13)12-10(15)5-4-6-11(12)16/h4-6,8,21H,7H2,1-3H3. The number of nitrogens with zero attached hydrogens (tertiary/aromatic N) is 4. The number of para-hydroxylation sites is 1. The second-order valence-corrected chi connectivity index (χ2v) is 5.73. The van der Waals surface area contributed by atoms with Gasteiger partial charge in [-0.2, -0.15) is 0 Å². The molecule has 8 heteroatoms. The zero-order valence-electron chi connectivity index (χ0n) is 12.4. The molecule has 6 nitrogen and oxygen atoms in total. The van der Waals surface area contributed by atoms with Gasteiger partial charge < -0.3 is 10.0 Å². The van der Waals surface area contributed by atoms with E-state index in [1.165, 1.54) is 9.58 Å². The smallest absolute Gasteiger partial charge is 0.293 e. The third-order valence-electron chi connectivity index (χ3n) is 3.36. The molecule has 22 heavy (non-hydrogen) atoms. The van der Waals surface area contributed by atoms with Crippen molar-refractivity contribution in [2.45, 2.75) is 19.9 Å². The monoisotopic (exact) mass is 342 g/mol. The first-order valence-corrected chi connectivity index (χ1v) is 7.38. The van der Waals surface area contributed by atoms with E-state index in [0.29, 0.717) is 21.6 Å². The van der Waals surface area contributed by atoms with E-state index in [-0.39, 0.29) is 24.4 Å². The van der Waals surface area contributed by atoms with Crippen LogP contribution in [0.25, 0.3) is 5.69 Å². The van der Waals surface area contributed by atoms with E-state index < -0.39 is 0 Å². The van der Waals surface area contributed by atoms with Gasteiger partial charge in [-0.25, -0.2) is 9.67 Å². The molecule has 0 aliphatic rings. The van der Waals surface area contributed by atoms with Crippen molar-refractivity contribution in [1.82, 2.24) is 19.7 Å². The Labute approximate surface area is 138 Å². The second kappa shape index (κ2) is 6.64. The van der Waals surface area contributed by atoms with Gasteiger partial charge in [0.05, 0.1) is 22.7 Å². The van der Waals surface area contributed by atoms with Crippen LogP contribution in [0.1, 0.15) is 23.4 Å². The maximum atomic E-state index is 12.3. The van der Waals surface area contributed by atoms with Crippen molar-refractivity contribution in [3.05, 3.63) is 39.9 Å². The number of carbonyl (C=O) groups is 1. The maximum absolute atomic E-state index is 12.3. The number of likely N-dealkylation sites (N-methyl/N-ethyl adjacent to an activating group) is 1. The molecule has 2 aromatic rings. The van der Waals surface area contributed by atoms with Gasteiger partial charge in [-0.05, 0) is 26.0 Å². The van der Waals surface area contributed by atoms with E-state index in [2.05, 4.69) is 10.1 Å². The van der Waals surface area contributed by atoms with Gasteiger partial charge in [-0.1, -0.05) is 29.3 Å². The molecule has 0 radical (unpaired) electrons. The number of hydrogen-bond acceptors (Lipinski definition) is 4. The molecule has 0 bridgehead atoms. The highest BCUT2D eigenvalue weighted by atomic mass is 35.5. The van der Waals surface area contributed by atoms with Crippen molar-refractivity contribution < 1.29 is 9.90 Å². The average Bonchev–Trinajstić information content (AvgIpc) is 2.86. The number of amides is 1. The maximum Gasteiger partial charge on any atom is 0.293 e. The molecule has 1 aromatic carbocycles. The molecule has 1 atom stereocenters. The largest absolute Gasteiger partial charge is 0.394 e. The zero-order chi connectivity index (χ0) is 16.4. The highest BCUT2D eigenvalue weighted by molar-refractivity contribution is 6.37. The van der Waals surface area contributed by atoms with Gasteiger partial charge in [0, 0.05) is 7.05 Å². The van der Waals surface area contributed by atoms with Gasteiger partial charge in [0.25, 0.3) is 5.91 Å². The highest BCUT2D eigenvalue weighted by Crippen LogP contribution is 2.28. The number of hydrogen-bond donors (Lipinski definition) is 1. The molecule has 1 amide bonds. The van der Waals surface area contributed by atoms with Crippen molar-refractivity contribution in [2.75, 3.05) is 13.7 Å². The fraction of sp³-hybridized carbons (Fsp3) is 0.357. The van der Waals surface area contributed by atoms with Crippen molar-refractivity contribution in [3.8, 4) is 5.69 Å². The third-order valence-corrected chi connectivity index (χ3v) is 3.97. The predicted octanol–water partition coefficient (Wildman–Crippen LogP) is 2.34. The van der Waals surface area contributed by atoms with Crippen LogP contribution in [-0.2, 0) is 0 Å². The Balaban J connectivity index is 2.43. The van der Waals surface area contributed by atoms with E-state index in [4.69, 9.17) is 28.3 Å². The summed E-state index contributed by atoms with van der Waals surface area (Å²) in [7, 11) is 1.59. The Morgan fingerprint density at radius 3 is 2.55 bits per heavy atom. The Morgan fingerprint density at radius 2 is 2.00 bits per heavy atom. The summed E-state index contributed by atoms with van der Waals surface area (Å²) in [5, 5.41) is 14.2. The number of rotatable bonds is 4. The van der Waals surface area contributed by atoms with Crippen molar-refractivity contribution >= 4 is 29.1 Å². The van der Waals surface area contributed by atoms with Crippen LogP contribution in [0.4, 0.5) is 0 Å². The summed E-state index contributed by atoms with van der Waals surface area (Å²) < 4.78 is 1.44. The molecule has 0 spiro atoms. The van der Waals surface area contributed by atoms with E-state index in [1.54, 1.807) is 39.1 Å². The van der Waals surface area contributed by atoms with Crippen LogP contribution in [-0.4, -0.2) is 50.4 Å². The first kappa shape index (κ1) is 16.7. The summed E-state index contributed by atoms with van der Waals surface area (Å²) in [4.78, 5) is 17.9. The number of carbonyl (C=O) groups excluding carboxylic acids is 1. The highest BCUT2D eigenvalue weighted by Gasteiger charge is 2.23. The second-order valence-electron chi connectivity index (χ2n) is 4.91. The molecule has 2 rings (SSSR count). The number of aromatic nitrogens is 3. The summed E-state index contributed by atoms with van der Waals surface area (Å²) >= 11 is 12.3. The van der Waals surface area contributed by atoms with E-state index in [1.807, 2.05) is 0 Å². The van der Waals surface area contributed by atoms with E-state index >= 15 is 0 Å². The van der Waals surface area contributed by atoms with Gasteiger partial charge >= 0.3 is 0 Å². The summed E-state index contributed by atoms with van der Waals surface area (Å²) in [6, 6.07) is 4.77. The van der Waals surface area contributed by atoms with Crippen LogP contribution in [0.15, 0.2) is 18.2 Å². The molecule has 1 unspecified atom stereocenters. The lowest BCUT2D eigenvalue weighted by Gasteiger charge is -2.21. The lowest BCUT2D eigenvalue weighted by Crippen LogP contribution is -2.37. The normalized spacial score (nSPS) is 12.3. The molecule has 1 aromatic heterocycles. The molecule has 0 saturated heterocycles. The van der Waals surface area contributed by atoms with Crippen LogP contribution in [0.3, 0.4) is 0 Å². The average molecular weight is 343 g/mol. The van der Waals surface area contributed by atoms with Crippen LogP contribution in [0.2, 0.25) is 10.0 Å². The molecular formula is C14H16Cl2N4O2. The molecule has 118 valence electrons. The van der Waals surface area contributed by atoms with Gasteiger partial charge in [-0.15, -0.1) is 5.10 Å². The van der Waals surface area contributed by atoms with Crippen LogP contribution in [0, 0.1) is 6.92 Å². The Bertz CT molecular complexity index is 682. The fourth-order valence-electron chi connectivity index (χ4n) is 1.86. The lowest BCUT2D eigenvalue weighted by atomic mass is 10.3. The molecule has 0 aliphatic carbocycles. The molecule has 0 saturated carbocycles. The number of aryl methyl sites for hydroxylation is 1. The Hall–Kier alpha value is -1.63. The fourth-order valence-corrected chi connectivity index (χ4v) is 2.42. The van der Waals surface area contributed by atoms with Crippen molar-refractivity contribution in [2.24, 2.45) is 0 Å². The van der Waals surface area contributed by atoms with Crippen molar-refractivity contribution in [3.63, 3.8) is 0 Å². The third kappa shape index (κ3) is 3.09. The number of benzene rings is 1. The van der Waals surface area contributed by atoms with E-state index in [9.17, 15) is 4.79 Å². The van der Waals surface area contributed by atoms with Crippen LogP contribution >= 0.6 is 23.2 Å². The first-order chi connectivity index (χ1) is 10.4. The Morgan fingerprint density at radius 1 is 1.41 bits per heavy atom. The summed E-state index contributed by atoms with van der Waals surface area (Å²) in [5.41, 5.74) is 0.479. The van der Waals surface area contributed by atoms with Crippen LogP contribution < -0.4 is 0 Å². The molecule has 1 N–H and O–H groups in total.